The van der Waals surface area contributed by atoms with Gasteiger partial charge in [0, 0.05) is 24.9 Å². The quantitative estimate of drug-likeness (QED) is 0.615. The summed E-state index contributed by atoms with van der Waals surface area (Å²) >= 11 is 0. The number of aliphatic imine (C=N–C) groups is 1. The molecule has 0 spiro atoms. The predicted octanol–water partition coefficient (Wildman–Crippen LogP) is 2.37. The van der Waals surface area contributed by atoms with E-state index in [4.69, 9.17) is 15.3 Å². The average molecular weight is 404 g/mol. The van der Waals surface area contributed by atoms with E-state index in [1.165, 1.54) is 22.3 Å². The van der Waals surface area contributed by atoms with Crippen LogP contribution in [0.25, 0.3) is 0 Å². The number of ether oxygens (including phenoxy) is 1. The summed E-state index contributed by atoms with van der Waals surface area (Å²) in [5.74, 6) is 0.0653. The first kappa shape index (κ1) is 18.8. The molecule has 5 N–H and O–H groups in total. The van der Waals surface area contributed by atoms with E-state index in [9.17, 15) is 9.00 Å². The second kappa shape index (κ2) is 7.46. The van der Waals surface area contributed by atoms with Crippen molar-refractivity contribution < 1.29 is 13.7 Å². The summed E-state index contributed by atoms with van der Waals surface area (Å²) in [7, 11) is -3.70. The maximum absolute atomic E-state index is 12.9. The highest BCUT2D eigenvalue weighted by Crippen LogP contribution is 2.38. The third kappa shape index (κ3) is 3.46. The van der Waals surface area contributed by atoms with Crippen molar-refractivity contribution in [1.82, 2.24) is 4.72 Å². The molecular formula is C19H25N5O3S. The van der Waals surface area contributed by atoms with Crippen molar-refractivity contribution in [3.8, 4) is 0 Å². The van der Waals surface area contributed by atoms with Crippen molar-refractivity contribution in [3.05, 3.63) is 39.4 Å². The van der Waals surface area contributed by atoms with Crippen LogP contribution in [0.15, 0.2) is 22.2 Å². The van der Waals surface area contributed by atoms with Crippen LogP contribution in [0.5, 0.6) is 0 Å². The molecule has 8 nitrogen and oxygen atoms in total. The zero-order valence-electron chi connectivity index (χ0n) is 15.7. The lowest BCUT2D eigenvalue weighted by Crippen LogP contribution is -2.37. The third-order valence-electron chi connectivity index (χ3n) is 5.42. The van der Waals surface area contributed by atoms with Gasteiger partial charge in [-0.05, 0) is 60.8 Å². The number of nitrogens with zero attached hydrogens (tertiary/aromatic N) is 1. The number of rotatable bonds is 4. The lowest BCUT2D eigenvalue weighted by molar-refractivity contribution is 0.257. The Labute approximate surface area is 164 Å². The number of carbonyl (C=O) groups excluding carboxylic acids is 1. The van der Waals surface area contributed by atoms with E-state index in [1.54, 1.807) is 0 Å². The minimum Gasteiger partial charge on any atom is -0.477 e. The van der Waals surface area contributed by atoms with Gasteiger partial charge in [0.05, 0.1) is 6.61 Å². The molecule has 0 bridgehead atoms. The highest BCUT2D eigenvalue weighted by atomic mass is 32.2. The summed E-state index contributed by atoms with van der Waals surface area (Å²) in [4.78, 5) is 16.7. The van der Waals surface area contributed by atoms with Gasteiger partial charge in [-0.2, -0.15) is 0 Å². The zero-order valence-corrected chi connectivity index (χ0v) is 16.5. The van der Waals surface area contributed by atoms with Crippen LogP contribution < -0.4 is 15.8 Å². The van der Waals surface area contributed by atoms with Gasteiger partial charge in [0.2, 0.25) is 5.90 Å². The molecule has 2 amide bonds. The van der Waals surface area contributed by atoms with Crippen molar-refractivity contribution in [2.75, 3.05) is 18.5 Å². The minimum absolute atomic E-state index is 0.0653. The number of anilines is 1. The lowest BCUT2D eigenvalue weighted by Gasteiger charge is -2.20. The van der Waals surface area contributed by atoms with E-state index in [0.717, 1.165) is 56.8 Å². The van der Waals surface area contributed by atoms with Crippen LogP contribution in [0.4, 0.5) is 10.5 Å². The van der Waals surface area contributed by atoms with Gasteiger partial charge in [-0.25, -0.2) is 18.5 Å². The summed E-state index contributed by atoms with van der Waals surface area (Å²) in [5, 5.41) is 2.88. The number of benzene rings is 1. The van der Waals surface area contributed by atoms with Crippen molar-refractivity contribution in [2.45, 2.75) is 44.9 Å². The molecule has 150 valence electrons. The Morgan fingerprint density at radius 3 is 2.43 bits per heavy atom. The molecule has 3 aliphatic rings. The Bertz CT molecular complexity index is 950. The Morgan fingerprint density at radius 2 is 1.86 bits per heavy atom. The molecule has 2 aliphatic carbocycles. The normalized spacial score (nSPS) is 20.4. The van der Waals surface area contributed by atoms with E-state index < -0.39 is 15.9 Å². The molecule has 0 saturated heterocycles. The summed E-state index contributed by atoms with van der Waals surface area (Å²) in [5.41, 5.74) is 11.3. The fraction of sp³-hybridized carbons (Fsp3) is 0.474. The van der Waals surface area contributed by atoms with E-state index in [0.29, 0.717) is 13.2 Å². The van der Waals surface area contributed by atoms with Crippen LogP contribution >= 0.6 is 0 Å². The van der Waals surface area contributed by atoms with Crippen LogP contribution in [-0.4, -0.2) is 29.3 Å². The monoisotopic (exact) mass is 403 g/mol. The third-order valence-corrected chi connectivity index (χ3v) is 6.82. The van der Waals surface area contributed by atoms with Crippen molar-refractivity contribution >= 4 is 27.5 Å². The Balaban J connectivity index is 1.56. The second-order valence-corrected chi connectivity index (χ2v) is 9.02. The van der Waals surface area contributed by atoms with Gasteiger partial charge in [-0.3, -0.25) is 4.99 Å². The van der Waals surface area contributed by atoms with Crippen LogP contribution in [0.3, 0.4) is 0 Å². The zero-order chi connectivity index (χ0) is 19.7. The van der Waals surface area contributed by atoms with Crippen LogP contribution in [0, 0.1) is 4.78 Å². The first-order valence-corrected chi connectivity index (χ1v) is 11.2. The smallest absolute Gasteiger partial charge is 0.331 e. The van der Waals surface area contributed by atoms with Crippen molar-refractivity contribution in [2.24, 2.45) is 10.7 Å². The first-order chi connectivity index (χ1) is 13.5. The Hall–Kier alpha value is -2.55. The number of hydrogen-bond acceptors (Lipinski definition) is 6. The highest BCUT2D eigenvalue weighted by Gasteiger charge is 2.28. The molecule has 1 aliphatic heterocycles. The maximum atomic E-state index is 12.9. The summed E-state index contributed by atoms with van der Waals surface area (Å²) in [6.07, 6.45) is 7.80. The van der Waals surface area contributed by atoms with Gasteiger partial charge >= 0.3 is 6.03 Å². The number of hydrogen-bond donors (Lipinski definition) is 4. The number of fused-ring (bicyclic) bond motifs is 2. The van der Waals surface area contributed by atoms with Gasteiger partial charge in [0.25, 0.3) is 0 Å². The van der Waals surface area contributed by atoms with Crippen LogP contribution in [0.1, 0.15) is 41.5 Å². The molecule has 0 aromatic heterocycles. The van der Waals surface area contributed by atoms with Crippen molar-refractivity contribution in [3.63, 3.8) is 0 Å². The minimum atomic E-state index is -3.70. The number of nitrogens with two attached hydrogens (primary N) is 1. The number of nitrogens with one attached hydrogen (secondary N) is 3. The van der Waals surface area contributed by atoms with Crippen molar-refractivity contribution in [1.29, 1.82) is 4.78 Å². The van der Waals surface area contributed by atoms with Gasteiger partial charge in [-0.1, -0.05) is 6.07 Å². The molecule has 1 aromatic carbocycles. The van der Waals surface area contributed by atoms with Gasteiger partial charge in [0.15, 0.2) is 9.92 Å². The van der Waals surface area contributed by atoms with E-state index >= 15 is 0 Å². The number of carbonyl (C=O) groups is 1. The second-order valence-electron chi connectivity index (χ2n) is 7.27. The largest absolute Gasteiger partial charge is 0.477 e. The molecule has 1 aromatic rings. The van der Waals surface area contributed by atoms with Gasteiger partial charge in [-0.15, -0.1) is 0 Å². The Kier molecular flexibility index (Phi) is 5.01. The summed E-state index contributed by atoms with van der Waals surface area (Å²) in [6, 6.07) is 1.60. The SMILES string of the molecule is N=S(=O)(NC(=O)Nc1c2c(cc3c1CCC3)CCC2)C(=CN)C1=NCCCO1. The van der Waals surface area contributed by atoms with Gasteiger partial charge < -0.3 is 15.8 Å². The number of amides is 2. The number of aryl methyl sites for hydroxylation is 2. The van der Waals surface area contributed by atoms with Gasteiger partial charge in [0.1, 0.15) is 4.91 Å². The summed E-state index contributed by atoms with van der Waals surface area (Å²) in [6.45, 7) is 0.927. The maximum Gasteiger partial charge on any atom is 0.331 e. The lowest BCUT2D eigenvalue weighted by atomic mass is 9.99. The predicted molar refractivity (Wildman–Crippen MR) is 109 cm³/mol. The molecule has 0 fully saturated rings. The topological polar surface area (TPSA) is 130 Å². The van der Waals surface area contributed by atoms with Crippen LogP contribution in [-0.2, 0) is 40.3 Å². The molecule has 1 unspecified atom stereocenters. The number of urea groups is 1. The average Bonchev–Trinajstić information content (AvgIpc) is 3.31. The fourth-order valence-electron chi connectivity index (χ4n) is 4.19. The summed E-state index contributed by atoms with van der Waals surface area (Å²) < 4.78 is 28.7. The Morgan fingerprint density at radius 1 is 1.18 bits per heavy atom. The molecule has 1 heterocycles. The molecule has 28 heavy (non-hydrogen) atoms. The fourth-order valence-corrected chi connectivity index (χ4v) is 5.17. The molecule has 1 atom stereocenters. The highest BCUT2D eigenvalue weighted by molar-refractivity contribution is 7.95. The standard InChI is InChI=1S/C19H25N5O3S/c20-11-16(18-22-8-3-9-27-18)28(21,26)24-19(25)23-17-14-6-1-4-12(14)10-13-5-2-7-15(13)17/h10-11H,1-9,20H2,(H3,21,23,24,25,26). The van der Waals surface area contributed by atoms with E-state index in [1.807, 2.05) is 0 Å². The molecular weight excluding hydrogens is 378 g/mol. The van der Waals surface area contributed by atoms with E-state index in [2.05, 4.69) is 21.1 Å². The molecule has 0 radical (unpaired) electrons. The van der Waals surface area contributed by atoms with Crippen LogP contribution in [0.2, 0.25) is 0 Å². The molecule has 4 rings (SSSR count). The first-order valence-electron chi connectivity index (χ1n) is 9.63. The van der Waals surface area contributed by atoms with E-state index in [-0.39, 0.29) is 10.8 Å². The molecule has 0 saturated carbocycles. The molecule has 9 heteroatoms.